The zero-order valence-corrected chi connectivity index (χ0v) is 13.6. The maximum atomic E-state index is 12.2. The van der Waals surface area contributed by atoms with Crippen LogP contribution in [0.3, 0.4) is 0 Å². The quantitative estimate of drug-likeness (QED) is 0.839. The van der Waals surface area contributed by atoms with Gasteiger partial charge in [0.2, 0.25) is 0 Å². The number of ketones is 1. The summed E-state index contributed by atoms with van der Waals surface area (Å²) in [6, 6.07) is 17.8. The van der Waals surface area contributed by atoms with E-state index in [-0.39, 0.29) is 17.8 Å². The fourth-order valence-electron chi connectivity index (χ4n) is 3.31. The van der Waals surface area contributed by atoms with Gasteiger partial charge in [-0.15, -0.1) is 0 Å². The zero-order valence-electron chi connectivity index (χ0n) is 13.6. The van der Waals surface area contributed by atoms with Gasteiger partial charge in [0.15, 0.2) is 5.78 Å². The second kappa shape index (κ2) is 6.29. The predicted octanol–water partition coefficient (Wildman–Crippen LogP) is 4.41. The van der Waals surface area contributed by atoms with Crippen LogP contribution in [0.1, 0.15) is 37.0 Å². The lowest BCUT2D eigenvalue weighted by atomic mass is 9.83. The number of rotatable bonds is 4. The summed E-state index contributed by atoms with van der Waals surface area (Å²) in [7, 11) is 1.65. The molecule has 0 fully saturated rings. The highest BCUT2D eigenvalue weighted by molar-refractivity contribution is 5.96. The van der Waals surface area contributed by atoms with E-state index in [1.54, 1.807) is 14.0 Å². The molecular weight excluding hydrogens is 288 g/mol. The van der Waals surface area contributed by atoms with Gasteiger partial charge in [0, 0.05) is 11.1 Å². The summed E-state index contributed by atoms with van der Waals surface area (Å²) in [5.74, 6) is 1.40. The molecule has 0 saturated heterocycles. The molecule has 0 saturated carbocycles. The van der Waals surface area contributed by atoms with E-state index in [2.05, 4.69) is 0 Å². The lowest BCUT2D eigenvalue weighted by Crippen LogP contribution is -2.13. The Labute approximate surface area is 136 Å². The van der Waals surface area contributed by atoms with Crippen molar-refractivity contribution in [3.05, 3.63) is 77.1 Å². The van der Waals surface area contributed by atoms with Crippen LogP contribution in [-0.4, -0.2) is 12.9 Å². The summed E-state index contributed by atoms with van der Waals surface area (Å²) < 4.78 is 11.6. The normalized spacial score (nSPS) is 20.3. The summed E-state index contributed by atoms with van der Waals surface area (Å²) in [6.07, 6.45) is -0.257. The maximum absolute atomic E-state index is 12.2. The van der Waals surface area contributed by atoms with Crippen LogP contribution >= 0.6 is 0 Å². The molecule has 23 heavy (non-hydrogen) atoms. The van der Waals surface area contributed by atoms with Gasteiger partial charge in [-0.2, -0.15) is 0 Å². The highest BCUT2D eigenvalue weighted by Crippen LogP contribution is 2.49. The molecule has 3 heteroatoms. The number of ether oxygens (including phenoxy) is 2. The molecular formula is C20H20O3. The molecule has 0 amide bonds. The van der Waals surface area contributed by atoms with Gasteiger partial charge in [-0.05, 0) is 25.5 Å². The SMILES string of the molecule is COc1ccccc1[C@@H]1OC(C)=C(C(C)=O)[C@@H]1c1ccccc1. The van der Waals surface area contributed by atoms with Crippen molar-refractivity contribution in [2.24, 2.45) is 0 Å². The van der Waals surface area contributed by atoms with Crippen molar-refractivity contribution in [1.29, 1.82) is 0 Å². The Kier molecular flexibility index (Phi) is 4.20. The first-order valence-electron chi connectivity index (χ1n) is 7.69. The summed E-state index contributed by atoms with van der Waals surface area (Å²) in [4.78, 5) is 12.2. The Balaban J connectivity index is 2.12. The minimum absolute atomic E-state index is 0.0498. The van der Waals surface area contributed by atoms with Gasteiger partial charge in [-0.1, -0.05) is 48.5 Å². The number of Topliss-reactive ketones (excluding diaryl/α,β-unsaturated/α-hetero) is 1. The molecule has 3 nitrogen and oxygen atoms in total. The summed E-state index contributed by atoms with van der Waals surface area (Å²) in [5, 5.41) is 0. The second-order valence-corrected chi connectivity index (χ2v) is 5.69. The minimum atomic E-state index is -0.257. The number of carbonyl (C=O) groups excluding carboxylic acids is 1. The van der Waals surface area contributed by atoms with Crippen molar-refractivity contribution >= 4 is 5.78 Å². The van der Waals surface area contributed by atoms with E-state index >= 15 is 0 Å². The molecule has 1 aliphatic rings. The molecule has 1 aliphatic heterocycles. The predicted molar refractivity (Wildman–Crippen MR) is 89.4 cm³/mol. The largest absolute Gasteiger partial charge is 0.496 e. The fourth-order valence-corrected chi connectivity index (χ4v) is 3.31. The van der Waals surface area contributed by atoms with Crippen molar-refractivity contribution in [1.82, 2.24) is 0 Å². The Morgan fingerprint density at radius 3 is 2.35 bits per heavy atom. The van der Waals surface area contributed by atoms with Crippen LogP contribution in [0.5, 0.6) is 5.75 Å². The fraction of sp³-hybridized carbons (Fsp3) is 0.250. The van der Waals surface area contributed by atoms with Crippen LogP contribution in [0, 0.1) is 0 Å². The van der Waals surface area contributed by atoms with E-state index in [1.807, 2.05) is 61.5 Å². The van der Waals surface area contributed by atoms with Crippen LogP contribution < -0.4 is 4.74 Å². The van der Waals surface area contributed by atoms with Crippen molar-refractivity contribution in [3.63, 3.8) is 0 Å². The lowest BCUT2D eigenvalue weighted by Gasteiger charge is -2.23. The van der Waals surface area contributed by atoms with E-state index in [4.69, 9.17) is 9.47 Å². The van der Waals surface area contributed by atoms with Gasteiger partial charge in [0.25, 0.3) is 0 Å². The number of hydrogen-bond donors (Lipinski definition) is 0. The van der Waals surface area contributed by atoms with Crippen molar-refractivity contribution in [2.45, 2.75) is 25.9 Å². The lowest BCUT2D eigenvalue weighted by molar-refractivity contribution is -0.113. The Hall–Kier alpha value is -2.55. The van der Waals surface area contributed by atoms with Crippen molar-refractivity contribution in [2.75, 3.05) is 7.11 Å². The van der Waals surface area contributed by atoms with E-state index in [1.165, 1.54) is 0 Å². The number of para-hydroxylation sites is 1. The molecule has 1 heterocycles. The molecule has 118 valence electrons. The van der Waals surface area contributed by atoms with Crippen LogP contribution in [0.25, 0.3) is 0 Å². The molecule has 0 N–H and O–H groups in total. The van der Waals surface area contributed by atoms with E-state index in [0.717, 1.165) is 22.4 Å². The first kappa shape index (κ1) is 15.3. The summed E-state index contributed by atoms with van der Waals surface area (Å²) >= 11 is 0. The van der Waals surface area contributed by atoms with E-state index in [0.29, 0.717) is 5.76 Å². The molecule has 0 aliphatic carbocycles. The van der Waals surface area contributed by atoms with E-state index in [9.17, 15) is 4.79 Å². The molecule has 2 atom stereocenters. The number of hydrogen-bond acceptors (Lipinski definition) is 3. The first-order valence-corrected chi connectivity index (χ1v) is 7.69. The van der Waals surface area contributed by atoms with Crippen LogP contribution in [0.4, 0.5) is 0 Å². The molecule has 0 unspecified atom stereocenters. The number of benzene rings is 2. The Bertz CT molecular complexity index is 746. The van der Waals surface area contributed by atoms with Gasteiger partial charge >= 0.3 is 0 Å². The van der Waals surface area contributed by atoms with Gasteiger partial charge < -0.3 is 9.47 Å². The highest BCUT2D eigenvalue weighted by atomic mass is 16.5. The average Bonchev–Trinajstić information content (AvgIpc) is 2.93. The topological polar surface area (TPSA) is 35.5 Å². The van der Waals surface area contributed by atoms with Crippen molar-refractivity contribution < 1.29 is 14.3 Å². The number of carbonyl (C=O) groups is 1. The molecule has 2 aromatic rings. The minimum Gasteiger partial charge on any atom is -0.496 e. The van der Waals surface area contributed by atoms with E-state index < -0.39 is 0 Å². The van der Waals surface area contributed by atoms with Crippen LogP contribution in [0.15, 0.2) is 65.9 Å². The zero-order chi connectivity index (χ0) is 16.4. The first-order chi connectivity index (χ1) is 11.1. The van der Waals surface area contributed by atoms with Gasteiger partial charge in [0.1, 0.15) is 17.6 Å². The molecule has 0 radical (unpaired) electrons. The van der Waals surface area contributed by atoms with Crippen LogP contribution in [-0.2, 0) is 9.53 Å². The number of methoxy groups -OCH3 is 1. The third-order valence-corrected chi connectivity index (χ3v) is 4.28. The van der Waals surface area contributed by atoms with Gasteiger partial charge in [-0.3, -0.25) is 4.79 Å². The smallest absolute Gasteiger partial charge is 0.159 e. The molecule has 0 aromatic heterocycles. The molecule has 3 rings (SSSR count). The summed E-state index contributed by atoms with van der Waals surface area (Å²) in [5.41, 5.74) is 2.78. The molecule has 2 aromatic carbocycles. The highest BCUT2D eigenvalue weighted by Gasteiger charge is 2.40. The van der Waals surface area contributed by atoms with Crippen LogP contribution in [0.2, 0.25) is 0 Å². The Morgan fingerprint density at radius 2 is 1.70 bits per heavy atom. The van der Waals surface area contributed by atoms with Crippen molar-refractivity contribution in [3.8, 4) is 5.75 Å². The third kappa shape index (κ3) is 2.74. The second-order valence-electron chi connectivity index (χ2n) is 5.69. The number of allylic oxidation sites excluding steroid dienone is 1. The van der Waals surface area contributed by atoms with Gasteiger partial charge in [-0.25, -0.2) is 0 Å². The Morgan fingerprint density at radius 1 is 1.04 bits per heavy atom. The standard InChI is InChI=1S/C20H20O3/c1-13(21)18-14(2)23-20(16-11-7-8-12-17(16)22-3)19(18)15-9-5-4-6-10-15/h4-12,19-20H,1-3H3/t19-,20-/m0/s1. The summed E-state index contributed by atoms with van der Waals surface area (Å²) in [6.45, 7) is 3.46. The van der Waals surface area contributed by atoms with Gasteiger partial charge in [0.05, 0.1) is 13.0 Å². The average molecular weight is 308 g/mol. The third-order valence-electron chi connectivity index (χ3n) is 4.28. The molecule has 0 spiro atoms. The molecule has 0 bridgehead atoms. The monoisotopic (exact) mass is 308 g/mol. The maximum Gasteiger partial charge on any atom is 0.159 e.